The molecule has 1 aliphatic heterocycles. The van der Waals surface area contributed by atoms with Gasteiger partial charge in [0.25, 0.3) is 0 Å². The van der Waals surface area contributed by atoms with Crippen molar-refractivity contribution >= 4 is 15.9 Å². The molecule has 1 N–H and O–H groups in total. The fraction of sp³-hybridized carbons (Fsp3) is 0.647. The highest BCUT2D eigenvalue weighted by Gasteiger charge is 2.23. The van der Waals surface area contributed by atoms with Gasteiger partial charge >= 0.3 is 0 Å². The van der Waals surface area contributed by atoms with Crippen molar-refractivity contribution in [1.29, 1.82) is 0 Å². The van der Waals surface area contributed by atoms with Gasteiger partial charge in [0.1, 0.15) is 0 Å². The van der Waals surface area contributed by atoms with Gasteiger partial charge in [-0.05, 0) is 43.9 Å². The predicted molar refractivity (Wildman–Crippen MR) is 89.3 cm³/mol. The summed E-state index contributed by atoms with van der Waals surface area (Å²) >= 11 is 3.74. The van der Waals surface area contributed by atoms with E-state index in [4.69, 9.17) is 4.74 Å². The molecule has 116 valence electrons. The molecule has 2 fully saturated rings. The molecule has 1 aromatic carbocycles. The third-order valence-electron chi connectivity index (χ3n) is 4.18. The molecule has 1 aromatic rings. The number of morpholine rings is 1. The van der Waals surface area contributed by atoms with Gasteiger partial charge in [0, 0.05) is 36.7 Å². The summed E-state index contributed by atoms with van der Waals surface area (Å²) in [6.07, 6.45) is 3.34. The van der Waals surface area contributed by atoms with E-state index in [2.05, 4.69) is 58.2 Å². The van der Waals surface area contributed by atoms with Gasteiger partial charge in [-0.1, -0.05) is 28.1 Å². The van der Waals surface area contributed by atoms with Gasteiger partial charge in [-0.2, -0.15) is 0 Å². The number of hydrogen-bond donors (Lipinski definition) is 1. The second-order valence-electron chi connectivity index (χ2n) is 6.53. The molecule has 0 bridgehead atoms. The molecule has 1 heterocycles. The lowest BCUT2D eigenvalue weighted by molar-refractivity contribution is -0.0705. The molecule has 0 amide bonds. The van der Waals surface area contributed by atoms with Crippen molar-refractivity contribution in [2.75, 3.05) is 13.1 Å². The van der Waals surface area contributed by atoms with E-state index in [1.54, 1.807) is 0 Å². The summed E-state index contributed by atoms with van der Waals surface area (Å²) in [6, 6.07) is 7.54. The van der Waals surface area contributed by atoms with E-state index < -0.39 is 0 Å². The van der Waals surface area contributed by atoms with Crippen LogP contribution in [-0.4, -0.2) is 36.2 Å². The normalized spacial score (nSPS) is 27.0. The van der Waals surface area contributed by atoms with Gasteiger partial charge in [0.05, 0.1) is 12.2 Å². The smallest absolute Gasteiger partial charge is 0.0678 e. The first-order valence-electron chi connectivity index (χ1n) is 7.98. The number of hydrogen-bond acceptors (Lipinski definition) is 3. The van der Waals surface area contributed by atoms with Crippen LogP contribution in [-0.2, 0) is 17.8 Å². The van der Waals surface area contributed by atoms with E-state index in [0.717, 1.165) is 32.2 Å². The SMILES string of the molecule is CC1CN(Cc2ccc(CNC3CC3)cc2Br)CC(C)O1. The van der Waals surface area contributed by atoms with Crippen LogP contribution in [0.2, 0.25) is 0 Å². The summed E-state index contributed by atoms with van der Waals surface area (Å²) in [6.45, 7) is 8.32. The minimum atomic E-state index is 0.328. The number of ether oxygens (including phenoxy) is 1. The fourth-order valence-electron chi connectivity index (χ4n) is 3.03. The number of benzene rings is 1. The maximum absolute atomic E-state index is 5.80. The van der Waals surface area contributed by atoms with Gasteiger partial charge in [0.15, 0.2) is 0 Å². The highest BCUT2D eigenvalue weighted by molar-refractivity contribution is 9.10. The molecule has 0 aromatic heterocycles. The largest absolute Gasteiger partial charge is 0.373 e. The number of nitrogens with one attached hydrogen (secondary N) is 1. The summed E-state index contributed by atoms with van der Waals surface area (Å²) in [5, 5.41) is 3.56. The number of nitrogens with zero attached hydrogens (tertiary/aromatic N) is 1. The van der Waals surface area contributed by atoms with E-state index >= 15 is 0 Å². The monoisotopic (exact) mass is 352 g/mol. The average molecular weight is 353 g/mol. The second-order valence-corrected chi connectivity index (χ2v) is 7.39. The van der Waals surface area contributed by atoms with Gasteiger partial charge < -0.3 is 10.1 Å². The Morgan fingerprint density at radius 2 is 1.95 bits per heavy atom. The third-order valence-corrected chi connectivity index (χ3v) is 4.92. The van der Waals surface area contributed by atoms with Gasteiger partial charge in [-0.15, -0.1) is 0 Å². The van der Waals surface area contributed by atoms with Crippen molar-refractivity contribution in [3.63, 3.8) is 0 Å². The minimum Gasteiger partial charge on any atom is -0.373 e. The van der Waals surface area contributed by atoms with E-state index in [0.29, 0.717) is 12.2 Å². The van der Waals surface area contributed by atoms with Crippen LogP contribution in [0.3, 0.4) is 0 Å². The maximum atomic E-state index is 5.80. The third kappa shape index (κ3) is 4.52. The summed E-state index contributed by atoms with van der Waals surface area (Å²) in [7, 11) is 0. The number of halogens is 1. The van der Waals surface area contributed by atoms with E-state index in [-0.39, 0.29) is 0 Å². The van der Waals surface area contributed by atoms with Crippen LogP contribution in [0.25, 0.3) is 0 Å². The average Bonchev–Trinajstić information content (AvgIpc) is 3.22. The first-order chi connectivity index (χ1) is 10.1. The summed E-state index contributed by atoms with van der Waals surface area (Å²) < 4.78 is 7.03. The quantitative estimate of drug-likeness (QED) is 0.879. The molecule has 4 heteroatoms. The van der Waals surface area contributed by atoms with Crippen LogP contribution < -0.4 is 5.32 Å². The van der Waals surface area contributed by atoms with Crippen molar-refractivity contribution in [2.45, 2.75) is 58.0 Å². The molecule has 2 unspecified atom stereocenters. The molecular weight excluding hydrogens is 328 g/mol. The fourth-order valence-corrected chi connectivity index (χ4v) is 3.58. The first-order valence-corrected chi connectivity index (χ1v) is 8.78. The van der Waals surface area contributed by atoms with Crippen molar-refractivity contribution in [3.05, 3.63) is 33.8 Å². The molecule has 21 heavy (non-hydrogen) atoms. The van der Waals surface area contributed by atoms with Crippen LogP contribution in [0.15, 0.2) is 22.7 Å². The Kier molecular flexibility index (Phi) is 4.99. The first kappa shape index (κ1) is 15.5. The highest BCUT2D eigenvalue weighted by atomic mass is 79.9. The van der Waals surface area contributed by atoms with Crippen molar-refractivity contribution in [3.8, 4) is 0 Å². The lowest BCUT2D eigenvalue weighted by Crippen LogP contribution is -2.44. The van der Waals surface area contributed by atoms with E-state index in [1.165, 1.54) is 28.4 Å². The highest BCUT2D eigenvalue weighted by Crippen LogP contribution is 2.24. The van der Waals surface area contributed by atoms with Crippen molar-refractivity contribution in [1.82, 2.24) is 10.2 Å². The van der Waals surface area contributed by atoms with Crippen LogP contribution in [0.5, 0.6) is 0 Å². The van der Waals surface area contributed by atoms with Crippen LogP contribution in [0.4, 0.5) is 0 Å². The Bertz CT molecular complexity index is 480. The lowest BCUT2D eigenvalue weighted by Gasteiger charge is -2.35. The van der Waals surface area contributed by atoms with E-state index in [9.17, 15) is 0 Å². The van der Waals surface area contributed by atoms with Crippen molar-refractivity contribution < 1.29 is 4.74 Å². The van der Waals surface area contributed by atoms with E-state index in [1.807, 2.05) is 0 Å². The maximum Gasteiger partial charge on any atom is 0.0678 e. The Morgan fingerprint density at radius 3 is 2.57 bits per heavy atom. The summed E-state index contributed by atoms with van der Waals surface area (Å²) in [5.74, 6) is 0. The Labute approximate surface area is 136 Å². The topological polar surface area (TPSA) is 24.5 Å². The van der Waals surface area contributed by atoms with Crippen LogP contribution in [0.1, 0.15) is 37.8 Å². The Morgan fingerprint density at radius 1 is 1.24 bits per heavy atom. The van der Waals surface area contributed by atoms with Gasteiger partial charge in [0.2, 0.25) is 0 Å². The molecule has 1 saturated carbocycles. The standard InChI is InChI=1S/C17H25BrN2O/c1-12-9-20(10-13(2)21-12)11-15-4-3-14(7-17(15)18)8-19-16-5-6-16/h3-4,7,12-13,16,19H,5-6,8-11H2,1-2H3. The number of rotatable bonds is 5. The molecule has 3 rings (SSSR count). The molecule has 3 nitrogen and oxygen atoms in total. The summed E-state index contributed by atoms with van der Waals surface area (Å²) in [5.41, 5.74) is 2.73. The second kappa shape index (κ2) is 6.78. The lowest BCUT2D eigenvalue weighted by atomic mass is 10.1. The predicted octanol–water partition coefficient (Wildman–Crippen LogP) is 3.31. The van der Waals surface area contributed by atoms with Crippen molar-refractivity contribution in [2.24, 2.45) is 0 Å². The Hall–Kier alpha value is -0.420. The zero-order chi connectivity index (χ0) is 14.8. The van der Waals surface area contributed by atoms with Crippen LogP contribution in [0, 0.1) is 0 Å². The molecule has 0 radical (unpaired) electrons. The van der Waals surface area contributed by atoms with Gasteiger partial charge in [-0.3, -0.25) is 4.90 Å². The molecule has 1 saturated heterocycles. The summed E-state index contributed by atoms with van der Waals surface area (Å²) in [4.78, 5) is 2.49. The molecule has 0 spiro atoms. The molecule has 2 aliphatic rings. The zero-order valence-electron chi connectivity index (χ0n) is 12.9. The molecule has 1 aliphatic carbocycles. The van der Waals surface area contributed by atoms with Crippen LogP contribution >= 0.6 is 15.9 Å². The molecular formula is C17H25BrN2O. The Balaban J connectivity index is 1.59. The van der Waals surface area contributed by atoms with Gasteiger partial charge in [-0.25, -0.2) is 0 Å². The zero-order valence-corrected chi connectivity index (χ0v) is 14.5. The molecule has 2 atom stereocenters. The minimum absolute atomic E-state index is 0.328.